The Hall–Kier alpha value is -1.10. The number of carboxylic acids is 1. The maximum atomic E-state index is 12.2. The number of nitrogens with one attached hydrogen (secondary N) is 1. The predicted octanol–water partition coefficient (Wildman–Crippen LogP) is 2.44. The van der Waals surface area contributed by atoms with Crippen LogP contribution in [0.25, 0.3) is 0 Å². The maximum Gasteiger partial charge on any atom is 0.305 e. The third kappa shape index (κ3) is 6.46. The van der Waals surface area contributed by atoms with Crippen molar-refractivity contribution in [1.82, 2.24) is 5.32 Å². The second kappa shape index (κ2) is 9.03. The van der Waals surface area contributed by atoms with Crippen LogP contribution in [-0.4, -0.2) is 29.1 Å². The van der Waals surface area contributed by atoms with E-state index in [1.807, 2.05) is 0 Å². The topological polar surface area (TPSA) is 92.4 Å². The first-order chi connectivity index (χ1) is 10.0. The Balaban J connectivity index is 2.50. The summed E-state index contributed by atoms with van der Waals surface area (Å²) in [7, 11) is 0. The van der Waals surface area contributed by atoms with Crippen LogP contribution in [-0.2, 0) is 9.59 Å². The molecule has 5 nitrogen and oxygen atoms in total. The molecule has 0 heterocycles. The Morgan fingerprint density at radius 3 is 2.43 bits per heavy atom. The number of rotatable bonds is 9. The van der Waals surface area contributed by atoms with Crippen molar-refractivity contribution in [2.24, 2.45) is 11.7 Å². The maximum absolute atomic E-state index is 12.2. The highest BCUT2D eigenvalue weighted by Crippen LogP contribution is 2.31. The predicted molar refractivity (Wildman–Crippen MR) is 82.9 cm³/mol. The lowest BCUT2D eigenvalue weighted by Gasteiger charge is -2.37. The summed E-state index contributed by atoms with van der Waals surface area (Å²) in [5.74, 6) is -0.345. The average molecular weight is 298 g/mol. The number of hydrogen-bond acceptors (Lipinski definition) is 3. The fourth-order valence-corrected chi connectivity index (χ4v) is 3.35. The minimum atomic E-state index is -0.827. The smallest absolute Gasteiger partial charge is 0.305 e. The van der Waals surface area contributed by atoms with Crippen molar-refractivity contribution in [3.63, 3.8) is 0 Å². The zero-order valence-corrected chi connectivity index (χ0v) is 13.2. The first-order valence-corrected chi connectivity index (χ1v) is 8.24. The molecule has 0 aliphatic heterocycles. The molecule has 0 spiro atoms. The molecule has 0 radical (unpaired) electrons. The second-order valence-corrected chi connectivity index (χ2v) is 6.35. The highest BCUT2D eigenvalue weighted by Gasteiger charge is 2.35. The number of carbonyl (C=O) groups excluding carboxylic acids is 1. The van der Waals surface area contributed by atoms with E-state index < -0.39 is 11.5 Å². The van der Waals surface area contributed by atoms with Crippen LogP contribution < -0.4 is 11.1 Å². The largest absolute Gasteiger partial charge is 0.481 e. The van der Waals surface area contributed by atoms with E-state index in [-0.39, 0.29) is 12.3 Å². The molecule has 0 aromatic rings. The molecule has 0 aromatic heterocycles. The standard InChI is InChI=1S/C16H30N2O3/c1-2-13(8-11-17)6-7-14(19)18-16(12-15(20)21)9-4-3-5-10-16/h13H,2-12,17H2,1H3,(H,18,19)(H,20,21). The molecule has 1 atom stereocenters. The third-order valence-corrected chi connectivity index (χ3v) is 4.64. The average Bonchev–Trinajstić information content (AvgIpc) is 2.43. The number of nitrogens with two attached hydrogens (primary N) is 1. The van der Waals surface area contributed by atoms with Crippen LogP contribution in [0.5, 0.6) is 0 Å². The Kier molecular flexibility index (Phi) is 7.72. The molecule has 0 saturated heterocycles. The monoisotopic (exact) mass is 298 g/mol. The summed E-state index contributed by atoms with van der Waals surface area (Å²) in [5, 5.41) is 12.1. The number of aliphatic carboxylic acids is 1. The van der Waals surface area contributed by atoms with E-state index in [0.29, 0.717) is 18.9 Å². The van der Waals surface area contributed by atoms with Crippen molar-refractivity contribution in [2.75, 3.05) is 6.54 Å². The van der Waals surface area contributed by atoms with Gasteiger partial charge in [0.15, 0.2) is 0 Å². The molecule has 4 N–H and O–H groups in total. The summed E-state index contributed by atoms with van der Waals surface area (Å²) >= 11 is 0. The van der Waals surface area contributed by atoms with Gasteiger partial charge in [-0.25, -0.2) is 0 Å². The second-order valence-electron chi connectivity index (χ2n) is 6.35. The van der Waals surface area contributed by atoms with E-state index in [0.717, 1.165) is 51.4 Å². The van der Waals surface area contributed by atoms with E-state index in [1.54, 1.807) is 0 Å². The molecule has 0 bridgehead atoms. The molecule has 0 aromatic carbocycles. The molecular formula is C16H30N2O3. The van der Waals surface area contributed by atoms with Gasteiger partial charge in [0.25, 0.3) is 0 Å². The molecule has 1 amide bonds. The first kappa shape index (κ1) is 18.0. The number of carboxylic acid groups (broad SMARTS) is 1. The SMILES string of the molecule is CCC(CCN)CCC(=O)NC1(CC(=O)O)CCCCC1. The van der Waals surface area contributed by atoms with Crippen LogP contribution in [0.4, 0.5) is 0 Å². The normalized spacial score (nSPS) is 19.0. The Morgan fingerprint density at radius 2 is 1.90 bits per heavy atom. The summed E-state index contributed by atoms with van der Waals surface area (Å²) in [4.78, 5) is 23.3. The van der Waals surface area contributed by atoms with Crippen molar-refractivity contribution in [3.05, 3.63) is 0 Å². The van der Waals surface area contributed by atoms with Gasteiger partial charge in [0.05, 0.1) is 12.0 Å². The van der Waals surface area contributed by atoms with Gasteiger partial charge in [0, 0.05) is 6.42 Å². The minimum Gasteiger partial charge on any atom is -0.481 e. The number of amides is 1. The summed E-state index contributed by atoms with van der Waals surface area (Å²) in [6, 6.07) is 0. The van der Waals surface area contributed by atoms with Crippen LogP contribution in [0, 0.1) is 5.92 Å². The van der Waals surface area contributed by atoms with E-state index >= 15 is 0 Å². The van der Waals surface area contributed by atoms with E-state index in [4.69, 9.17) is 10.8 Å². The highest BCUT2D eigenvalue weighted by atomic mass is 16.4. The fourth-order valence-electron chi connectivity index (χ4n) is 3.35. The third-order valence-electron chi connectivity index (χ3n) is 4.64. The van der Waals surface area contributed by atoms with Gasteiger partial charge in [-0.3, -0.25) is 9.59 Å². The van der Waals surface area contributed by atoms with Crippen molar-refractivity contribution < 1.29 is 14.7 Å². The van der Waals surface area contributed by atoms with Crippen LogP contribution in [0.15, 0.2) is 0 Å². The lowest BCUT2D eigenvalue weighted by atomic mass is 9.79. The Morgan fingerprint density at radius 1 is 1.24 bits per heavy atom. The number of carbonyl (C=O) groups is 2. The van der Waals surface area contributed by atoms with Gasteiger partial charge in [-0.15, -0.1) is 0 Å². The molecule has 122 valence electrons. The molecule has 1 aliphatic carbocycles. The van der Waals surface area contributed by atoms with Crippen molar-refractivity contribution >= 4 is 11.9 Å². The van der Waals surface area contributed by atoms with Gasteiger partial charge in [0.2, 0.25) is 5.91 Å². The number of hydrogen-bond donors (Lipinski definition) is 3. The molecular weight excluding hydrogens is 268 g/mol. The van der Waals surface area contributed by atoms with Crippen LogP contribution in [0.3, 0.4) is 0 Å². The first-order valence-electron chi connectivity index (χ1n) is 8.24. The van der Waals surface area contributed by atoms with E-state index in [9.17, 15) is 9.59 Å². The molecule has 1 fully saturated rings. The lowest BCUT2D eigenvalue weighted by Crippen LogP contribution is -2.51. The van der Waals surface area contributed by atoms with Gasteiger partial charge in [0.1, 0.15) is 0 Å². The van der Waals surface area contributed by atoms with Gasteiger partial charge in [-0.1, -0.05) is 32.6 Å². The zero-order valence-electron chi connectivity index (χ0n) is 13.2. The van der Waals surface area contributed by atoms with Gasteiger partial charge in [-0.2, -0.15) is 0 Å². The highest BCUT2D eigenvalue weighted by molar-refractivity contribution is 5.78. The molecule has 1 rings (SSSR count). The molecule has 1 unspecified atom stereocenters. The van der Waals surface area contributed by atoms with Gasteiger partial charge >= 0.3 is 5.97 Å². The molecule has 5 heteroatoms. The fraction of sp³-hybridized carbons (Fsp3) is 0.875. The summed E-state index contributed by atoms with van der Waals surface area (Å²) < 4.78 is 0. The lowest BCUT2D eigenvalue weighted by molar-refractivity contribution is -0.139. The van der Waals surface area contributed by atoms with Crippen molar-refractivity contribution in [1.29, 1.82) is 0 Å². The summed E-state index contributed by atoms with van der Waals surface area (Å²) in [6.07, 6.45) is 8.02. The van der Waals surface area contributed by atoms with Gasteiger partial charge in [-0.05, 0) is 38.1 Å². The quantitative estimate of drug-likeness (QED) is 0.609. The van der Waals surface area contributed by atoms with Crippen LogP contribution in [0.1, 0.15) is 71.1 Å². The van der Waals surface area contributed by atoms with Crippen molar-refractivity contribution in [3.8, 4) is 0 Å². The summed E-state index contributed by atoms with van der Waals surface area (Å²) in [5.41, 5.74) is 5.05. The van der Waals surface area contributed by atoms with E-state index in [2.05, 4.69) is 12.2 Å². The molecule has 1 saturated carbocycles. The molecule has 1 aliphatic rings. The Bertz CT molecular complexity index is 338. The summed E-state index contributed by atoms with van der Waals surface area (Å²) in [6.45, 7) is 2.77. The van der Waals surface area contributed by atoms with Gasteiger partial charge < -0.3 is 16.2 Å². The molecule has 21 heavy (non-hydrogen) atoms. The minimum absolute atomic E-state index is 0.00591. The van der Waals surface area contributed by atoms with E-state index in [1.165, 1.54) is 0 Å². The van der Waals surface area contributed by atoms with Crippen molar-refractivity contribution in [2.45, 2.75) is 76.7 Å². The Labute approximate surface area is 127 Å². The van der Waals surface area contributed by atoms with Crippen LogP contribution in [0.2, 0.25) is 0 Å². The zero-order chi connectivity index (χ0) is 15.7. The van der Waals surface area contributed by atoms with Crippen LogP contribution >= 0.6 is 0 Å².